The topological polar surface area (TPSA) is 118 Å². The van der Waals surface area contributed by atoms with E-state index in [9.17, 15) is 26.7 Å². The zero-order chi connectivity index (χ0) is 18.7. The first-order chi connectivity index (χ1) is 10.8. The van der Waals surface area contributed by atoms with Gasteiger partial charge in [-0.05, 0) is 17.5 Å². The van der Waals surface area contributed by atoms with Crippen LogP contribution in [0.4, 0.5) is 13.2 Å². The number of hydrogen-bond acceptors (Lipinski definition) is 5. The van der Waals surface area contributed by atoms with Crippen LogP contribution in [0, 0.1) is 0 Å². The summed E-state index contributed by atoms with van der Waals surface area (Å²) in [6.45, 7) is 0. The fourth-order valence-electron chi connectivity index (χ4n) is 2.45. The highest BCUT2D eigenvalue weighted by atomic mass is 32.2. The van der Waals surface area contributed by atoms with E-state index in [1.54, 1.807) is 0 Å². The van der Waals surface area contributed by atoms with E-state index in [1.165, 1.54) is 6.26 Å². The summed E-state index contributed by atoms with van der Waals surface area (Å²) in [5.41, 5.74) is 7.81. The lowest BCUT2D eigenvalue weighted by Gasteiger charge is -2.34. The van der Waals surface area contributed by atoms with Gasteiger partial charge >= 0.3 is 12.1 Å². The third-order valence-corrected chi connectivity index (χ3v) is 4.45. The van der Waals surface area contributed by atoms with Crippen LogP contribution in [0.1, 0.15) is 17.0 Å². The Labute approximate surface area is 137 Å². The van der Waals surface area contributed by atoms with Crippen molar-refractivity contribution in [2.24, 2.45) is 5.73 Å². The minimum absolute atomic E-state index is 0.0567. The number of fused-ring (bicyclic) bond motifs is 1. The van der Waals surface area contributed by atoms with Gasteiger partial charge in [0.15, 0.2) is 0 Å². The van der Waals surface area contributed by atoms with Gasteiger partial charge in [-0.1, -0.05) is 24.3 Å². The first-order valence-electron chi connectivity index (χ1n) is 6.82. The van der Waals surface area contributed by atoms with Crippen molar-refractivity contribution in [1.29, 1.82) is 0 Å². The van der Waals surface area contributed by atoms with E-state index in [0.717, 1.165) is 11.1 Å². The largest absolute Gasteiger partial charge is 0.490 e. The Morgan fingerprint density at radius 2 is 1.83 bits per heavy atom. The highest BCUT2D eigenvalue weighted by Gasteiger charge is 2.38. The van der Waals surface area contributed by atoms with Gasteiger partial charge in [-0.2, -0.15) is 13.2 Å². The van der Waals surface area contributed by atoms with Crippen LogP contribution < -0.4 is 5.73 Å². The number of sulfone groups is 1. The molecule has 0 aromatic heterocycles. The van der Waals surface area contributed by atoms with Gasteiger partial charge in [0.25, 0.3) is 0 Å². The SMILES string of the molecule is CS(=O)(=O)CC1c2ccccc2CC(N)C1O.O=C(O)C(F)(F)F. The van der Waals surface area contributed by atoms with E-state index < -0.39 is 40.0 Å². The molecule has 24 heavy (non-hydrogen) atoms. The summed E-state index contributed by atoms with van der Waals surface area (Å²) in [6.07, 6.45) is -4.10. The Hall–Kier alpha value is -1.65. The van der Waals surface area contributed by atoms with E-state index >= 15 is 0 Å². The Morgan fingerprint density at radius 1 is 1.33 bits per heavy atom. The molecule has 0 heterocycles. The highest BCUT2D eigenvalue weighted by molar-refractivity contribution is 7.90. The standard InChI is InChI=1S/C12H17NO3S.C2HF3O2/c1-17(15,16)7-10-9-5-3-2-4-8(9)6-11(13)12(10)14;3-2(4,5)1(6)7/h2-5,10-12,14H,6-7,13H2,1H3;(H,6,7). The lowest BCUT2D eigenvalue weighted by molar-refractivity contribution is -0.192. The monoisotopic (exact) mass is 369 g/mol. The molecule has 0 saturated heterocycles. The predicted molar refractivity (Wildman–Crippen MR) is 80.3 cm³/mol. The number of nitrogens with two attached hydrogens (primary N) is 1. The quantitative estimate of drug-likeness (QED) is 0.706. The van der Waals surface area contributed by atoms with Gasteiger partial charge in [0.05, 0.1) is 11.9 Å². The predicted octanol–water partition coefficient (Wildman–Crippen LogP) is 0.692. The first kappa shape index (κ1) is 20.4. The molecule has 0 amide bonds. The number of aliphatic hydroxyl groups is 1. The molecule has 4 N–H and O–H groups in total. The lowest BCUT2D eigenvalue weighted by Crippen LogP contribution is -2.46. The number of alkyl halides is 3. The number of benzene rings is 1. The van der Waals surface area contributed by atoms with E-state index in [1.807, 2.05) is 24.3 Å². The minimum Gasteiger partial charge on any atom is -0.475 e. The van der Waals surface area contributed by atoms with Crippen molar-refractivity contribution in [3.05, 3.63) is 35.4 Å². The van der Waals surface area contributed by atoms with Crippen LogP contribution in [0.3, 0.4) is 0 Å². The summed E-state index contributed by atoms with van der Waals surface area (Å²) in [4.78, 5) is 8.90. The Balaban J connectivity index is 0.000000351. The number of hydrogen-bond donors (Lipinski definition) is 3. The second kappa shape index (κ2) is 7.49. The van der Waals surface area contributed by atoms with E-state index in [0.29, 0.717) is 6.42 Å². The number of carbonyl (C=O) groups is 1. The number of carboxylic acid groups (broad SMARTS) is 1. The van der Waals surface area contributed by atoms with Crippen LogP contribution in [0.2, 0.25) is 0 Å². The van der Waals surface area contributed by atoms with Gasteiger partial charge in [-0.3, -0.25) is 0 Å². The van der Waals surface area contributed by atoms with E-state index in [2.05, 4.69) is 0 Å². The van der Waals surface area contributed by atoms with Crippen molar-refractivity contribution in [2.45, 2.75) is 30.7 Å². The van der Waals surface area contributed by atoms with Crippen LogP contribution in [-0.2, 0) is 21.1 Å². The van der Waals surface area contributed by atoms with Gasteiger partial charge in [-0.25, -0.2) is 13.2 Å². The summed E-state index contributed by atoms with van der Waals surface area (Å²) >= 11 is 0. The third kappa shape index (κ3) is 5.77. The van der Waals surface area contributed by atoms with Crippen LogP contribution in [0.5, 0.6) is 0 Å². The fraction of sp³-hybridized carbons (Fsp3) is 0.500. The number of rotatable bonds is 2. The van der Waals surface area contributed by atoms with E-state index in [-0.39, 0.29) is 5.75 Å². The minimum atomic E-state index is -5.08. The molecule has 6 nitrogen and oxygen atoms in total. The van der Waals surface area contributed by atoms with Crippen LogP contribution >= 0.6 is 0 Å². The van der Waals surface area contributed by atoms with Crippen molar-refractivity contribution in [1.82, 2.24) is 0 Å². The van der Waals surface area contributed by atoms with Crippen molar-refractivity contribution < 1.29 is 36.6 Å². The van der Waals surface area contributed by atoms with Crippen molar-refractivity contribution in [3.8, 4) is 0 Å². The molecule has 1 aliphatic carbocycles. The number of halogens is 3. The maximum absolute atomic E-state index is 11.4. The highest BCUT2D eigenvalue weighted by Crippen LogP contribution is 2.32. The molecule has 0 saturated carbocycles. The molecule has 3 atom stereocenters. The second-order valence-corrected chi connectivity index (χ2v) is 7.74. The molecule has 2 rings (SSSR count). The average molecular weight is 369 g/mol. The number of aliphatic hydroxyl groups excluding tert-OH is 1. The molecule has 0 radical (unpaired) electrons. The summed E-state index contributed by atoms with van der Waals surface area (Å²) in [5.74, 6) is -3.23. The molecule has 0 fully saturated rings. The molecule has 10 heteroatoms. The average Bonchev–Trinajstić information content (AvgIpc) is 2.42. The summed E-state index contributed by atoms with van der Waals surface area (Å²) < 4.78 is 54.6. The van der Waals surface area contributed by atoms with Crippen LogP contribution in [0.15, 0.2) is 24.3 Å². The molecule has 1 aliphatic rings. The van der Waals surface area contributed by atoms with Gasteiger partial charge in [-0.15, -0.1) is 0 Å². The maximum Gasteiger partial charge on any atom is 0.490 e. The number of carboxylic acids is 1. The Kier molecular flexibility index (Phi) is 6.37. The molecule has 0 aliphatic heterocycles. The fourth-order valence-corrected chi connectivity index (χ4v) is 3.48. The van der Waals surface area contributed by atoms with Crippen molar-refractivity contribution in [2.75, 3.05) is 12.0 Å². The van der Waals surface area contributed by atoms with Crippen LogP contribution in [-0.4, -0.2) is 54.9 Å². The molecule has 136 valence electrons. The van der Waals surface area contributed by atoms with Crippen molar-refractivity contribution in [3.63, 3.8) is 0 Å². The van der Waals surface area contributed by atoms with Gasteiger partial charge in [0.2, 0.25) is 0 Å². The van der Waals surface area contributed by atoms with Gasteiger partial charge in [0.1, 0.15) is 9.84 Å². The molecule has 1 aromatic rings. The molecule has 0 spiro atoms. The summed E-state index contributed by atoms with van der Waals surface area (Å²) in [7, 11) is -3.14. The lowest BCUT2D eigenvalue weighted by atomic mass is 9.79. The van der Waals surface area contributed by atoms with Crippen LogP contribution in [0.25, 0.3) is 0 Å². The Morgan fingerprint density at radius 3 is 2.29 bits per heavy atom. The summed E-state index contributed by atoms with van der Waals surface area (Å²) in [5, 5.41) is 17.2. The molecule has 0 bridgehead atoms. The zero-order valence-electron chi connectivity index (χ0n) is 12.7. The second-order valence-electron chi connectivity index (χ2n) is 5.56. The smallest absolute Gasteiger partial charge is 0.475 e. The number of aliphatic carboxylic acids is 1. The molecular weight excluding hydrogens is 351 g/mol. The molecular formula is C14H18F3NO5S. The molecule has 1 aromatic carbocycles. The Bertz CT molecular complexity index is 690. The van der Waals surface area contributed by atoms with Gasteiger partial charge < -0.3 is 15.9 Å². The third-order valence-electron chi connectivity index (χ3n) is 3.49. The molecule has 3 unspecified atom stereocenters. The summed E-state index contributed by atoms with van der Waals surface area (Å²) in [6, 6.07) is 7.19. The van der Waals surface area contributed by atoms with E-state index in [4.69, 9.17) is 15.6 Å². The van der Waals surface area contributed by atoms with Crippen molar-refractivity contribution >= 4 is 15.8 Å². The van der Waals surface area contributed by atoms with Gasteiger partial charge in [0, 0.05) is 18.2 Å². The maximum atomic E-state index is 11.4. The zero-order valence-corrected chi connectivity index (χ0v) is 13.5. The normalized spacial score (nSPS) is 23.7. The first-order valence-corrected chi connectivity index (χ1v) is 8.88.